The van der Waals surface area contributed by atoms with Gasteiger partial charge in [0.25, 0.3) is 0 Å². The Morgan fingerprint density at radius 3 is 3.00 bits per heavy atom. The van der Waals surface area contributed by atoms with Gasteiger partial charge in [0.1, 0.15) is 0 Å². The SMILES string of the molecule is CCC1COCCN1c1ccc(C(=O)O)c(Br)c1. The van der Waals surface area contributed by atoms with Crippen LogP contribution >= 0.6 is 15.9 Å². The van der Waals surface area contributed by atoms with E-state index in [4.69, 9.17) is 9.84 Å². The molecule has 1 aromatic carbocycles. The second kappa shape index (κ2) is 5.71. The average Bonchev–Trinajstić information content (AvgIpc) is 2.38. The van der Waals surface area contributed by atoms with Crippen LogP contribution in [0.2, 0.25) is 0 Å². The summed E-state index contributed by atoms with van der Waals surface area (Å²) >= 11 is 3.32. The molecular formula is C13H16BrNO3. The van der Waals surface area contributed by atoms with Crippen molar-refractivity contribution in [1.29, 1.82) is 0 Å². The Morgan fingerprint density at radius 1 is 1.61 bits per heavy atom. The van der Waals surface area contributed by atoms with E-state index >= 15 is 0 Å². The van der Waals surface area contributed by atoms with Gasteiger partial charge in [-0.15, -0.1) is 0 Å². The van der Waals surface area contributed by atoms with Gasteiger partial charge in [-0.2, -0.15) is 0 Å². The molecule has 18 heavy (non-hydrogen) atoms. The smallest absolute Gasteiger partial charge is 0.336 e. The molecule has 0 amide bonds. The van der Waals surface area contributed by atoms with E-state index in [1.54, 1.807) is 6.07 Å². The highest BCUT2D eigenvalue weighted by Crippen LogP contribution is 2.27. The first-order valence-electron chi connectivity index (χ1n) is 6.00. The van der Waals surface area contributed by atoms with Crippen molar-refractivity contribution < 1.29 is 14.6 Å². The van der Waals surface area contributed by atoms with Crippen LogP contribution in [0.25, 0.3) is 0 Å². The molecule has 0 radical (unpaired) electrons. The Kier molecular flexibility index (Phi) is 4.24. The van der Waals surface area contributed by atoms with Gasteiger partial charge >= 0.3 is 5.97 Å². The molecule has 0 aromatic heterocycles. The van der Waals surface area contributed by atoms with Crippen molar-refractivity contribution in [1.82, 2.24) is 0 Å². The highest BCUT2D eigenvalue weighted by atomic mass is 79.9. The van der Waals surface area contributed by atoms with Crippen molar-refractivity contribution in [2.24, 2.45) is 0 Å². The van der Waals surface area contributed by atoms with E-state index in [0.717, 1.165) is 31.9 Å². The molecule has 1 fully saturated rings. The van der Waals surface area contributed by atoms with E-state index in [2.05, 4.69) is 27.8 Å². The van der Waals surface area contributed by atoms with Crippen molar-refractivity contribution >= 4 is 27.6 Å². The van der Waals surface area contributed by atoms with E-state index in [1.807, 2.05) is 12.1 Å². The molecule has 2 rings (SSSR count). The molecule has 4 nitrogen and oxygen atoms in total. The molecule has 0 saturated carbocycles. The summed E-state index contributed by atoms with van der Waals surface area (Å²) in [6.45, 7) is 4.42. The molecule has 5 heteroatoms. The molecular weight excluding hydrogens is 298 g/mol. The van der Waals surface area contributed by atoms with Crippen LogP contribution in [0.3, 0.4) is 0 Å². The minimum absolute atomic E-state index is 0.292. The van der Waals surface area contributed by atoms with E-state index in [-0.39, 0.29) is 0 Å². The van der Waals surface area contributed by atoms with Gasteiger partial charge in [-0.3, -0.25) is 0 Å². The van der Waals surface area contributed by atoms with Crippen LogP contribution in [0.1, 0.15) is 23.7 Å². The van der Waals surface area contributed by atoms with Crippen molar-refractivity contribution in [3.8, 4) is 0 Å². The summed E-state index contributed by atoms with van der Waals surface area (Å²) in [5, 5.41) is 9.00. The fourth-order valence-electron chi connectivity index (χ4n) is 2.19. The molecule has 1 atom stereocenters. The molecule has 1 aliphatic rings. The van der Waals surface area contributed by atoms with Crippen molar-refractivity contribution in [2.75, 3.05) is 24.7 Å². The number of carboxylic acids is 1. The Bertz CT molecular complexity index is 450. The van der Waals surface area contributed by atoms with Crippen LogP contribution in [0.5, 0.6) is 0 Å². The number of anilines is 1. The van der Waals surface area contributed by atoms with Gasteiger partial charge in [-0.25, -0.2) is 4.79 Å². The van der Waals surface area contributed by atoms with E-state index in [9.17, 15) is 4.79 Å². The van der Waals surface area contributed by atoms with Gasteiger partial charge < -0.3 is 14.7 Å². The summed E-state index contributed by atoms with van der Waals surface area (Å²) < 4.78 is 6.09. The Morgan fingerprint density at radius 2 is 2.39 bits per heavy atom. The number of benzene rings is 1. The highest BCUT2D eigenvalue weighted by molar-refractivity contribution is 9.10. The molecule has 1 N–H and O–H groups in total. The van der Waals surface area contributed by atoms with E-state index in [0.29, 0.717) is 16.1 Å². The first-order chi connectivity index (χ1) is 8.63. The third-order valence-electron chi connectivity index (χ3n) is 3.21. The molecule has 1 saturated heterocycles. The average molecular weight is 314 g/mol. The van der Waals surface area contributed by atoms with Crippen molar-refractivity contribution in [3.05, 3.63) is 28.2 Å². The van der Waals surface area contributed by atoms with Crippen molar-refractivity contribution in [2.45, 2.75) is 19.4 Å². The topological polar surface area (TPSA) is 49.8 Å². The number of carbonyl (C=O) groups is 1. The van der Waals surface area contributed by atoms with Gasteiger partial charge in [0.2, 0.25) is 0 Å². The summed E-state index contributed by atoms with van der Waals surface area (Å²) in [7, 11) is 0. The quantitative estimate of drug-likeness (QED) is 0.932. The number of halogens is 1. The van der Waals surface area contributed by atoms with Gasteiger partial charge in [0.15, 0.2) is 0 Å². The zero-order chi connectivity index (χ0) is 13.1. The predicted molar refractivity (Wildman–Crippen MR) is 73.3 cm³/mol. The molecule has 98 valence electrons. The number of nitrogens with zero attached hydrogens (tertiary/aromatic N) is 1. The van der Waals surface area contributed by atoms with Crippen molar-refractivity contribution in [3.63, 3.8) is 0 Å². The van der Waals surface area contributed by atoms with Crippen LogP contribution in [0, 0.1) is 0 Å². The number of hydrogen-bond acceptors (Lipinski definition) is 3. The summed E-state index contributed by atoms with van der Waals surface area (Å²) in [4.78, 5) is 13.2. The molecule has 1 aromatic rings. The second-order valence-corrected chi connectivity index (χ2v) is 5.15. The maximum atomic E-state index is 11.0. The number of ether oxygens (including phenoxy) is 1. The maximum Gasteiger partial charge on any atom is 0.336 e. The summed E-state index contributed by atoms with van der Waals surface area (Å²) in [6, 6.07) is 5.74. The molecule has 1 unspecified atom stereocenters. The lowest BCUT2D eigenvalue weighted by Crippen LogP contribution is -2.45. The zero-order valence-corrected chi connectivity index (χ0v) is 11.8. The number of hydrogen-bond donors (Lipinski definition) is 1. The van der Waals surface area contributed by atoms with Crippen LogP contribution in [-0.2, 0) is 4.74 Å². The van der Waals surface area contributed by atoms with Crippen LogP contribution < -0.4 is 4.90 Å². The molecule has 0 bridgehead atoms. The van der Waals surface area contributed by atoms with Gasteiger partial charge in [-0.1, -0.05) is 6.92 Å². The monoisotopic (exact) mass is 313 g/mol. The number of morpholine rings is 1. The molecule has 1 aliphatic heterocycles. The zero-order valence-electron chi connectivity index (χ0n) is 10.2. The van der Waals surface area contributed by atoms with Gasteiger partial charge in [-0.05, 0) is 40.5 Å². The van der Waals surface area contributed by atoms with Gasteiger partial charge in [0.05, 0.1) is 24.8 Å². The summed E-state index contributed by atoms with van der Waals surface area (Å²) in [5.41, 5.74) is 1.34. The standard InChI is InChI=1S/C13H16BrNO3/c1-2-9-8-18-6-5-15(9)10-3-4-11(13(16)17)12(14)7-10/h3-4,7,9H,2,5-6,8H2,1H3,(H,16,17). The first-order valence-corrected chi connectivity index (χ1v) is 6.80. The number of aromatic carboxylic acids is 1. The molecule has 0 spiro atoms. The largest absolute Gasteiger partial charge is 0.478 e. The van der Waals surface area contributed by atoms with Crippen LogP contribution in [-0.4, -0.2) is 36.9 Å². The Hall–Kier alpha value is -1.07. The van der Waals surface area contributed by atoms with E-state index in [1.165, 1.54) is 0 Å². The highest BCUT2D eigenvalue weighted by Gasteiger charge is 2.22. The predicted octanol–water partition coefficient (Wildman–Crippen LogP) is 2.76. The Balaban J connectivity index is 2.27. The summed E-state index contributed by atoms with van der Waals surface area (Å²) in [5.74, 6) is -0.914. The third-order valence-corrected chi connectivity index (χ3v) is 3.87. The fourth-order valence-corrected chi connectivity index (χ4v) is 2.73. The fraction of sp³-hybridized carbons (Fsp3) is 0.462. The maximum absolute atomic E-state index is 11.0. The third kappa shape index (κ3) is 2.67. The van der Waals surface area contributed by atoms with Crippen LogP contribution in [0.15, 0.2) is 22.7 Å². The first kappa shape index (κ1) is 13.4. The minimum atomic E-state index is -0.914. The lowest BCUT2D eigenvalue weighted by molar-refractivity contribution is 0.0695. The minimum Gasteiger partial charge on any atom is -0.478 e. The number of carboxylic acid groups (broad SMARTS) is 1. The Labute approximate surface area is 115 Å². The second-order valence-electron chi connectivity index (χ2n) is 4.30. The normalized spacial score (nSPS) is 19.9. The lowest BCUT2D eigenvalue weighted by Gasteiger charge is -2.37. The molecule has 0 aliphatic carbocycles. The lowest BCUT2D eigenvalue weighted by atomic mass is 10.1. The van der Waals surface area contributed by atoms with Gasteiger partial charge in [0, 0.05) is 16.7 Å². The summed E-state index contributed by atoms with van der Waals surface area (Å²) in [6.07, 6.45) is 1.01. The van der Waals surface area contributed by atoms with E-state index < -0.39 is 5.97 Å². The molecule has 1 heterocycles. The number of rotatable bonds is 3. The van der Waals surface area contributed by atoms with Crippen LogP contribution in [0.4, 0.5) is 5.69 Å².